The molecule has 0 heterocycles. The lowest BCUT2D eigenvalue weighted by Crippen LogP contribution is -2.30. The molecule has 0 saturated carbocycles. The SMILES string of the molecule is CCCCCCCCCCCCCCCCCCCCCCCCC(=O)O[C@H](COC(=O)CCCCCCCCCCCCCCCCC(C)CC)COP(=O)(O)OC[C@@H](O)COP(=O)(O)OC[C@@H](COC(=O)CCCCCCCCCC(C)C)OC(=O)CCCCCCCCCCCCCCCC. The van der Waals surface area contributed by atoms with Gasteiger partial charge in [0.15, 0.2) is 12.2 Å². The Morgan fingerprint density at radius 1 is 0.279 bits per heavy atom. The molecule has 0 aliphatic rings. The van der Waals surface area contributed by atoms with E-state index in [1.807, 2.05) is 0 Å². The van der Waals surface area contributed by atoms with Crippen molar-refractivity contribution < 1.29 is 80.2 Å². The van der Waals surface area contributed by atoms with E-state index < -0.39 is 97.5 Å². The molecule has 3 N–H and O–H groups in total. The molecule has 0 rings (SSSR count). The number of phosphoric ester groups is 2. The number of ether oxygens (including phenoxy) is 4. The molecule has 104 heavy (non-hydrogen) atoms. The highest BCUT2D eigenvalue weighted by atomic mass is 31.2. The molecule has 6 atom stereocenters. The highest BCUT2D eigenvalue weighted by Crippen LogP contribution is 2.45. The van der Waals surface area contributed by atoms with Gasteiger partial charge in [-0.3, -0.25) is 37.3 Å². The lowest BCUT2D eigenvalue weighted by Gasteiger charge is -2.21. The topological polar surface area (TPSA) is 237 Å². The summed E-state index contributed by atoms with van der Waals surface area (Å²) in [4.78, 5) is 73.1. The second-order valence-corrected chi connectivity index (χ2v) is 34.2. The van der Waals surface area contributed by atoms with Crippen LogP contribution >= 0.6 is 15.6 Å². The van der Waals surface area contributed by atoms with Crippen molar-refractivity contribution in [1.29, 1.82) is 0 Å². The predicted octanol–water partition coefficient (Wildman–Crippen LogP) is 25.8. The highest BCUT2D eigenvalue weighted by molar-refractivity contribution is 7.47. The Labute approximate surface area is 638 Å². The minimum Gasteiger partial charge on any atom is -0.462 e. The fraction of sp³-hybridized carbons (Fsp3) is 0.953. The van der Waals surface area contributed by atoms with Crippen LogP contribution in [0.5, 0.6) is 0 Å². The van der Waals surface area contributed by atoms with E-state index in [1.165, 1.54) is 263 Å². The maximum Gasteiger partial charge on any atom is 0.472 e. The Hall–Kier alpha value is -1.94. The molecule has 0 spiro atoms. The highest BCUT2D eigenvalue weighted by Gasteiger charge is 2.30. The van der Waals surface area contributed by atoms with E-state index in [-0.39, 0.29) is 25.7 Å². The molecule has 17 nitrogen and oxygen atoms in total. The first kappa shape index (κ1) is 102. The molecule has 3 unspecified atom stereocenters. The monoisotopic (exact) mass is 1520 g/mol. The van der Waals surface area contributed by atoms with Crippen molar-refractivity contribution in [2.75, 3.05) is 39.6 Å². The summed E-state index contributed by atoms with van der Waals surface area (Å²) in [5.74, 6) is -0.550. The number of carbonyl (C=O) groups is 4. The van der Waals surface area contributed by atoms with Gasteiger partial charge in [0.1, 0.15) is 19.3 Å². The number of hydrogen-bond donors (Lipinski definition) is 3. The average Bonchev–Trinajstić information content (AvgIpc) is 0.934. The summed E-state index contributed by atoms with van der Waals surface area (Å²) < 4.78 is 68.8. The Balaban J connectivity index is 5.22. The summed E-state index contributed by atoms with van der Waals surface area (Å²) in [7, 11) is -9.92. The minimum atomic E-state index is -4.97. The molecular formula is C85H166O17P2. The van der Waals surface area contributed by atoms with Gasteiger partial charge in [0, 0.05) is 25.7 Å². The van der Waals surface area contributed by atoms with Gasteiger partial charge in [-0.1, -0.05) is 401 Å². The van der Waals surface area contributed by atoms with Crippen LogP contribution < -0.4 is 0 Å². The summed E-state index contributed by atoms with van der Waals surface area (Å²) in [5.41, 5.74) is 0. The summed E-state index contributed by atoms with van der Waals surface area (Å²) in [6, 6.07) is 0. The Kier molecular flexibility index (Phi) is 75.0. The number of phosphoric acid groups is 2. The number of esters is 4. The number of hydrogen-bond acceptors (Lipinski definition) is 15. The smallest absolute Gasteiger partial charge is 0.462 e. The van der Waals surface area contributed by atoms with Crippen molar-refractivity contribution in [3.63, 3.8) is 0 Å². The molecule has 0 saturated heterocycles. The van der Waals surface area contributed by atoms with E-state index in [9.17, 15) is 43.2 Å². The lowest BCUT2D eigenvalue weighted by atomic mass is 9.99. The molecule has 19 heteroatoms. The molecular weight excluding hydrogens is 1350 g/mol. The quantitative estimate of drug-likeness (QED) is 0.0222. The molecule has 0 bridgehead atoms. The third-order valence-electron chi connectivity index (χ3n) is 20.3. The molecule has 618 valence electrons. The molecule has 0 fully saturated rings. The first-order valence-electron chi connectivity index (χ1n) is 44.0. The molecule has 0 aliphatic carbocycles. The standard InChI is InChI=1S/C85H166O17P2/c1-7-10-12-14-16-18-20-22-24-25-26-27-28-29-30-31-37-41-45-51-58-64-70-84(89)101-80(73-95-82(87)67-61-55-49-43-39-36-33-32-34-38-42-48-54-60-66-78(6)9-3)75-99-103(91,92)97-71-79(86)72-98-104(93,94)100-76-81(74-96-83(88)68-62-56-52-46-47-53-59-65-77(4)5)102-85(90)69-63-57-50-44-40-35-23-21-19-17-15-13-11-8-2/h77-81,86H,7-76H2,1-6H3,(H,91,92)(H,93,94)/t78?,79-,80-,81-/m1/s1. The zero-order valence-corrected chi connectivity index (χ0v) is 70.1. The Morgan fingerprint density at radius 3 is 0.731 bits per heavy atom. The van der Waals surface area contributed by atoms with E-state index >= 15 is 0 Å². The second kappa shape index (κ2) is 76.4. The van der Waals surface area contributed by atoms with Gasteiger partial charge in [0.05, 0.1) is 26.4 Å². The van der Waals surface area contributed by atoms with Crippen LogP contribution in [0.4, 0.5) is 0 Å². The van der Waals surface area contributed by atoms with Gasteiger partial charge < -0.3 is 33.8 Å². The summed E-state index contributed by atoms with van der Waals surface area (Å²) in [6.45, 7) is 9.66. The molecule has 0 aromatic rings. The van der Waals surface area contributed by atoms with Crippen molar-refractivity contribution >= 4 is 39.5 Å². The largest absolute Gasteiger partial charge is 0.472 e. The maximum atomic E-state index is 13.1. The van der Waals surface area contributed by atoms with Gasteiger partial charge in [-0.15, -0.1) is 0 Å². The second-order valence-electron chi connectivity index (χ2n) is 31.3. The summed E-state index contributed by atoms with van der Waals surface area (Å²) in [5, 5.41) is 10.7. The minimum absolute atomic E-state index is 0.107. The van der Waals surface area contributed by atoms with Crippen LogP contribution in [0.3, 0.4) is 0 Å². The van der Waals surface area contributed by atoms with Gasteiger partial charge in [0.25, 0.3) is 0 Å². The maximum absolute atomic E-state index is 13.1. The van der Waals surface area contributed by atoms with E-state index in [0.717, 1.165) is 102 Å². The van der Waals surface area contributed by atoms with E-state index in [0.29, 0.717) is 31.6 Å². The number of aliphatic hydroxyl groups excluding tert-OH is 1. The fourth-order valence-corrected chi connectivity index (χ4v) is 14.8. The summed E-state index contributed by atoms with van der Waals surface area (Å²) in [6.07, 6.45) is 68.1. The van der Waals surface area contributed by atoms with Gasteiger partial charge in [-0.05, 0) is 37.5 Å². The van der Waals surface area contributed by atoms with Crippen LogP contribution in [-0.2, 0) is 65.4 Å². The number of unbranched alkanes of at least 4 members (excludes halogenated alkanes) is 53. The van der Waals surface area contributed by atoms with Crippen LogP contribution in [0.25, 0.3) is 0 Å². The molecule has 0 radical (unpaired) electrons. The van der Waals surface area contributed by atoms with E-state index in [2.05, 4.69) is 41.5 Å². The third-order valence-corrected chi connectivity index (χ3v) is 22.2. The van der Waals surface area contributed by atoms with Crippen LogP contribution in [-0.4, -0.2) is 96.7 Å². The van der Waals surface area contributed by atoms with Crippen LogP contribution in [0.2, 0.25) is 0 Å². The van der Waals surface area contributed by atoms with Gasteiger partial charge >= 0.3 is 39.5 Å². The van der Waals surface area contributed by atoms with E-state index in [4.69, 9.17) is 37.0 Å². The average molecular weight is 1520 g/mol. The molecule has 0 aromatic heterocycles. The van der Waals surface area contributed by atoms with Crippen molar-refractivity contribution in [1.82, 2.24) is 0 Å². The van der Waals surface area contributed by atoms with Gasteiger partial charge in [0.2, 0.25) is 0 Å². The van der Waals surface area contributed by atoms with Crippen molar-refractivity contribution in [3.8, 4) is 0 Å². The number of aliphatic hydroxyl groups is 1. The van der Waals surface area contributed by atoms with Crippen LogP contribution in [0, 0.1) is 11.8 Å². The van der Waals surface area contributed by atoms with Gasteiger partial charge in [-0.2, -0.15) is 0 Å². The predicted molar refractivity (Wildman–Crippen MR) is 428 cm³/mol. The first-order valence-corrected chi connectivity index (χ1v) is 47.0. The summed E-state index contributed by atoms with van der Waals surface area (Å²) >= 11 is 0. The van der Waals surface area contributed by atoms with Crippen molar-refractivity contribution in [3.05, 3.63) is 0 Å². The fourth-order valence-electron chi connectivity index (χ4n) is 13.2. The Morgan fingerprint density at radius 2 is 0.490 bits per heavy atom. The zero-order valence-electron chi connectivity index (χ0n) is 68.3. The van der Waals surface area contributed by atoms with E-state index in [1.54, 1.807) is 0 Å². The number of rotatable bonds is 84. The number of carbonyl (C=O) groups excluding carboxylic acids is 4. The third kappa shape index (κ3) is 76.8. The van der Waals surface area contributed by atoms with Crippen molar-refractivity contribution in [2.45, 2.75) is 471 Å². The zero-order chi connectivity index (χ0) is 76.4. The van der Waals surface area contributed by atoms with Gasteiger partial charge in [-0.25, -0.2) is 9.13 Å². The molecule has 0 aliphatic heterocycles. The van der Waals surface area contributed by atoms with Crippen LogP contribution in [0.1, 0.15) is 452 Å². The Bertz CT molecular complexity index is 2000. The first-order chi connectivity index (χ1) is 50.4. The lowest BCUT2D eigenvalue weighted by molar-refractivity contribution is -0.161. The van der Waals surface area contributed by atoms with Crippen LogP contribution in [0.15, 0.2) is 0 Å². The normalized spacial score (nSPS) is 14.1. The molecule has 0 amide bonds. The van der Waals surface area contributed by atoms with Crippen molar-refractivity contribution in [2.24, 2.45) is 11.8 Å². The molecule has 0 aromatic carbocycles.